The average molecular weight is 313 g/mol. The second-order valence-corrected chi connectivity index (χ2v) is 4.99. The summed E-state index contributed by atoms with van der Waals surface area (Å²) in [6, 6.07) is 5.27. The highest BCUT2D eigenvalue weighted by molar-refractivity contribution is 7.14. The molecule has 1 N–H and O–H groups in total. The number of methoxy groups -OCH3 is 1. The van der Waals surface area contributed by atoms with Gasteiger partial charge >= 0.3 is 5.97 Å². The maximum absolute atomic E-state index is 11.7. The number of aromatic nitrogens is 1. The van der Waals surface area contributed by atoms with Gasteiger partial charge in [-0.3, -0.25) is 0 Å². The van der Waals surface area contributed by atoms with Crippen LogP contribution in [0, 0.1) is 0 Å². The molecule has 106 valence electrons. The van der Waals surface area contributed by atoms with Crippen LogP contribution in [-0.2, 0) is 4.74 Å². The summed E-state index contributed by atoms with van der Waals surface area (Å²) in [6.07, 6.45) is 0. The van der Waals surface area contributed by atoms with Gasteiger partial charge in [0.1, 0.15) is 10.8 Å². The van der Waals surface area contributed by atoms with E-state index in [4.69, 9.17) is 21.1 Å². The number of thiazole rings is 1. The van der Waals surface area contributed by atoms with Gasteiger partial charge in [0.15, 0.2) is 5.69 Å². The molecule has 1 aromatic heterocycles. The Hall–Kier alpha value is -1.79. The summed E-state index contributed by atoms with van der Waals surface area (Å²) in [5.41, 5.74) is 2.59. The van der Waals surface area contributed by atoms with Gasteiger partial charge in [0.25, 0.3) is 0 Å². The number of esters is 1. The van der Waals surface area contributed by atoms with Crippen molar-refractivity contribution in [2.75, 3.05) is 19.0 Å². The molecule has 0 fully saturated rings. The van der Waals surface area contributed by atoms with Crippen LogP contribution in [0.1, 0.15) is 17.4 Å². The van der Waals surface area contributed by atoms with Crippen molar-refractivity contribution in [1.82, 2.24) is 4.98 Å². The summed E-state index contributed by atoms with van der Waals surface area (Å²) >= 11 is 7.37. The maximum Gasteiger partial charge on any atom is 0.360 e. The highest BCUT2D eigenvalue weighted by Gasteiger charge is 2.16. The van der Waals surface area contributed by atoms with Gasteiger partial charge in [0, 0.05) is 5.69 Å². The smallest absolute Gasteiger partial charge is 0.360 e. The lowest BCUT2D eigenvalue weighted by Gasteiger charge is -2.08. The zero-order chi connectivity index (χ0) is 14.5. The summed E-state index contributed by atoms with van der Waals surface area (Å²) in [6.45, 7) is 2.06. The molecule has 0 spiro atoms. The number of anilines is 2. The fraction of sp³-hybridized carbons (Fsp3) is 0.231. The minimum atomic E-state index is -0.448. The van der Waals surface area contributed by atoms with Crippen LogP contribution in [0.2, 0.25) is 5.02 Å². The molecule has 1 heterocycles. The predicted octanol–water partition coefficient (Wildman–Crippen LogP) is 3.73. The van der Waals surface area contributed by atoms with E-state index >= 15 is 0 Å². The van der Waals surface area contributed by atoms with Gasteiger partial charge in [-0.25, -0.2) is 9.78 Å². The molecular formula is C13H13ClN2O3S. The number of ether oxygens (including phenoxy) is 2. The van der Waals surface area contributed by atoms with Crippen molar-refractivity contribution in [2.24, 2.45) is 0 Å². The Morgan fingerprint density at radius 3 is 2.95 bits per heavy atom. The Kier molecular flexibility index (Phi) is 4.81. The van der Waals surface area contributed by atoms with Crippen LogP contribution < -0.4 is 10.1 Å². The quantitative estimate of drug-likeness (QED) is 0.852. The Labute approximate surface area is 125 Å². The summed E-state index contributed by atoms with van der Waals surface area (Å²) in [4.78, 5) is 15.7. The van der Waals surface area contributed by atoms with Crippen molar-refractivity contribution in [3.63, 3.8) is 0 Å². The molecule has 0 saturated heterocycles. The third kappa shape index (κ3) is 3.20. The molecule has 0 unspecified atom stereocenters. The minimum absolute atomic E-state index is 0.267. The molecule has 0 bridgehead atoms. The largest absolute Gasteiger partial charge is 0.495 e. The Morgan fingerprint density at radius 1 is 1.50 bits per heavy atom. The number of carbonyl (C=O) groups is 1. The number of rotatable bonds is 5. The molecule has 0 aliphatic carbocycles. The van der Waals surface area contributed by atoms with Gasteiger partial charge in [-0.15, -0.1) is 11.3 Å². The highest BCUT2D eigenvalue weighted by atomic mass is 35.5. The van der Waals surface area contributed by atoms with E-state index < -0.39 is 5.97 Å². The second kappa shape index (κ2) is 6.58. The van der Waals surface area contributed by atoms with E-state index in [0.29, 0.717) is 22.4 Å². The first-order valence-electron chi connectivity index (χ1n) is 5.87. The van der Waals surface area contributed by atoms with Crippen LogP contribution >= 0.6 is 22.9 Å². The van der Waals surface area contributed by atoms with E-state index in [9.17, 15) is 4.79 Å². The summed E-state index contributed by atoms with van der Waals surface area (Å²) < 4.78 is 10.0. The van der Waals surface area contributed by atoms with Crippen LogP contribution in [-0.4, -0.2) is 24.7 Å². The third-order valence-electron chi connectivity index (χ3n) is 2.45. The zero-order valence-electron chi connectivity index (χ0n) is 11.0. The van der Waals surface area contributed by atoms with E-state index in [2.05, 4.69) is 10.3 Å². The van der Waals surface area contributed by atoms with E-state index in [1.807, 2.05) is 0 Å². The molecule has 0 aliphatic heterocycles. The van der Waals surface area contributed by atoms with Gasteiger partial charge in [-0.2, -0.15) is 0 Å². The molecule has 1 aromatic carbocycles. The Bertz CT molecular complexity index is 615. The zero-order valence-corrected chi connectivity index (χ0v) is 12.5. The highest BCUT2D eigenvalue weighted by Crippen LogP contribution is 2.31. The maximum atomic E-state index is 11.7. The monoisotopic (exact) mass is 312 g/mol. The molecule has 7 heteroatoms. The number of hydrogen-bond acceptors (Lipinski definition) is 6. The first-order valence-corrected chi connectivity index (χ1v) is 7.12. The number of nitrogens with zero attached hydrogens (tertiary/aromatic N) is 1. The number of halogens is 1. The summed E-state index contributed by atoms with van der Waals surface area (Å²) in [7, 11) is 1.55. The van der Waals surface area contributed by atoms with E-state index in [1.54, 1.807) is 37.7 Å². The van der Waals surface area contributed by atoms with Crippen LogP contribution in [0.5, 0.6) is 5.75 Å². The average Bonchev–Trinajstić information content (AvgIpc) is 2.87. The summed E-state index contributed by atoms with van der Waals surface area (Å²) in [5, 5.41) is 4.20. The van der Waals surface area contributed by atoms with Crippen molar-refractivity contribution in [3.05, 3.63) is 34.4 Å². The SMILES string of the molecule is CCOC(=O)c1ncsc1Nc1ccc(OC)c(Cl)c1. The van der Waals surface area contributed by atoms with Crippen molar-refractivity contribution >= 4 is 39.6 Å². The topological polar surface area (TPSA) is 60.5 Å². The molecule has 0 amide bonds. The molecule has 0 aliphatic rings. The van der Waals surface area contributed by atoms with Gasteiger partial charge in [-0.1, -0.05) is 11.6 Å². The molecule has 0 radical (unpaired) electrons. The van der Waals surface area contributed by atoms with Gasteiger partial charge in [-0.05, 0) is 25.1 Å². The summed E-state index contributed by atoms with van der Waals surface area (Å²) in [5.74, 6) is 0.142. The third-order valence-corrected chi connectivity index (χ3v) is 3.48. The van der Waals surface area contributed by atoms with Crippen LogP contribution in [0.15, 0.2) is 23.7 Å². The fourth-order valence-electron chi connectivity index (χ4n) is 1.55. The number of carbonyl (C=O) groups excluding carboxylic acids is 1. The van der Waals surface area contributed by atoms with Gasteiger partial charge in [0.05, 0.1) is 24.2 Å². The van der Waals surface area contributed by atoms with E-state index in [-0.39, 0.29) is 5.69 Å². The van der Waals surface area contributed by atoms with Crippen LogP contribution in [0.4, 0.5) is 10.7 Å². The van der Waals surface area contributed by atoms with Gasteiger partial charge < -0.3 is 14.8 Å². The second-order valence-electron chi connectivity index (χ2n) is 3.72. The Balaban J connectivity index is 2.20. The molecule has 2 aromatic rings. The molecular weight excluding hydrogens is 300 g/mol. The molecule has 20 heavy (non-hydrogen) atoms. The number of nitrogens with one attached hydrogen (secondary N) is 1. The van der Waals surface area contributed by atoms with Gasteiger partial charge in [0.2, 0.25) is 0 Å². The number of benzene rings is 1. The molecule has 2 rings (SSSR count). The Morgan fingerprint density at radius 2 is 2.30 bits per heavy atom. The van der Waals surface area contributed by atoms with E-state index in [0.717, 1.165) is 5.69 Å². The van der Waals surface area contributed by atoms with E-state index in [1.165, 1.54) is 11.3 Å². The molecule has 5 nitrogen and oxygen atoms in total. The van der Waals surface area contributed by atoms with Crippen molar-refractivity contribution in [1.29, 1.82) is 0 Å². The minimum Gasteiger partial charge on any atom is -0.495 e. The first kappa shape index (κ1) is 14.6. The molecule has 0 saturated carbocycles. The lowest BCUT2D eigenvalue weighted by Crippen LogP contribution is -2.07. The van der Waals surface area contributed by atoms with Crippen LogP contribution in [0.25, 0.3) is 0 Å². The first-order chi connectivity index (χ1) is 9.65. The van der Waals surface area contributed by atoms with Crippen molar-refractivity contribution < 1.29 is 14.3 Å². The molecule has 0 atom stereocenters. The van der Waals surface area contributed by atoms with Crippen molar-refractivity contribution in [3.8, 4) is 5.75 Å². The lowest BCUT2D eigenvalue weighted by molar-refractivity contribution is 0.0521. The number of hydrogen-bond donors (Lipinski definition) is 1. The van der Waals surface area contributed by atoms with Crippen LogP contribution in [0.3, 0.4) is 0 Å². The standard InChI is InChI=1S/C13H13ClN2O3S/c1-3-19-13(17)11-12(20-7-15-11)16-8-4-5-10(18-2)9(14)6-8/h4-7,16H,3H2,1-2H3. The van der Waals surface area contributed by atoms with Crippen molar-refractivity contribution in [2.45, 2.75) is 6.92 Å². The lowest BCUT2D eigenvalue weighted by atomic mass is 10.3. The fourth-order valence-corrected chi connectivity index (χ4v) is 2.50. The normalized spacial score (nSPS) is 10.2. The predicted molar refractivity (Wildman–Crippen MR) is 79.4 cm³/mol.